The fourth-order valence-electron chi connectivity index (χ4n) is 3.01. The van der Waals surface area contributed by atoms with E-state index in [4.69, 9.17) is 5.73 Å². The molecule has 4 heteroatoms. The Hall–Kier alpha value is -0.970. The van der Waals surface area contributed by atoms with Crippen LogP contribution in [0.3, 0.4) is 0 Å². The maximum Gasteiger partial charge on any atom is 0.123 e. The molecule has 0 saturated carbocycles. The van der Waals surface area contributed by atoms with Crippen LogP contribution in [-0.2, 0) is 13.1 Å². The molecule has 0 radical (unpaired) electrons. The zero-order valence-electron chi connectivity index (χ0n) is 12.6. The number of rotatable bonds is 5. The minimum Gasteiger partial charge on any atom is -0.326 e. The molecule has 0 aliphatic carbocycles. The fraction of sp³-hybridized carbons (Fsp3) is 0.625. The number of nitrogens with zero attached hydrogens (tertiary/aromatic N) is 2. The Bertz CT molecular complexity index is 428. The van der Waals surface area contributed by atoms with E-state index in [0.717, 1.165) is 24.2 Å². The minimum atomic E-state index is -0.201. The van der Waals surface area contributed by atoms with Gasteiger partial charge < -0.3 is 10.6 Å². The third-order valence-electron chi connectivity index (χ3n) is 4.44. The second kappa shape index (κ2) is 7.16. The molecule has 0 bridgehead atoms. The number of hydrogen-bond donors (Lipinski definition) is 1. The average molecular weight is 279 g/mol. The van der Waals surface area contributed by atoms with E-state index in [0.29, 0.717) is 12.6 Å². The van der Waals surface area contributed by atoms with Gasteiger partial charge in [0.05, 0.1) is 0 Å². The first-order chi connectivity index (χ1) is 9.63. The van der Waals surface area contributed by atoms with Crippen LogP contribution in [0.1, 0.15) is 30.9 Å². The Labute approximate surface area is 121 Å². The first kappa shape index (κ1) is 15.4. The molecule has 0 atom stereocenters. The van der Waals surface area contributed by atoms with Crippen molar-refractivity contribution in [2.75, 3.05) is 26.7 Å². The predicted molar refractivity (Wildman–Crippen MR) is 80.9 cm³/mol. The lowest BCUT2D eigenvalue weighted by Crippen LogP contribution is -2.43. The van der Waals surface area contributed by atoms with Crippen LogP contribution >= 0.6 is 0 Å². The second-order valence-corrected chi connectivity index (χ2v) is 5.70. The first-order valence-corrected chi connectivity index (χ1v) is 7.54. The van der Waals surface area contributed by atoms with Crippen LogP contribution in [0.2, 0.25) is 0 Å². The van der Waals surface area contributed by atoms with Crippen LogP contribution in [0.15, 0.2) is 18.2 Å². The van der Waals surface area contributed by atoms with Gasteiger partial charge >= 0.3 is 0 Å². The molecular formula is C16H26FN3. The molecular weight excluding hydrogens is 253 g/mol. The summed E-state index contributed by atoms with van der Waals surface area (Å²) in [5, 5.41) is 0. The summed E-state index contributed by atoms with van der Waals surface area (Å²) in [7, 11) is 2.16. The number of benzene rings is 1. The Morgan fingerprint density at radius 1 is 1.30 bits per heavy atom. The summed E-state index contributed by atoms with van der Waals surface area (Å²) in [6.45, 7) is 6.97. The lowest BCUT2D eigenvalue weighted by atomic mass is 10.0. The summed E-state index contributed by atoms with van der Waals surface area (Å²) < 4.78 is 13.2. The van der Waals surface area contributed by atoms with Gasteiger partial charge in [0.15, 0.2) is 0 Å². The third-order valence-corrected chi connectivity index (χ3v) is 4.44. The molecule has 112 valence electrons. The topological polar surface area (TPSA) is 32.5 Å². The molecule has 1 aromatic rings. The van der Waals surface area contributed by atoms with Crippen LogP contribution < -0.4 is 5.73 Å². The minimum absolute atomic E-state index is 0.201. The van der Waals surface area contributed by atoms with Crippen molar-refractivity contribution in [3.05, 3.63) is 35.1 Å². The van der Waals surface area contributed by atoms with Crippen molar-refractivity contribution in [3.63, 3.8) is 0 Å². The second-order valence-electron chi connectivity index (χ2n) is 5.70. The van der Waals surface area contributed by atoms with E-state index in [1.54, 1.807) is 6.07 Å². The monoisotopic (exact) mass is 279 g/mol. The molecule has 20 heavy (non-hydrogen) atoms. The quantitative estimate of drug-likeness (QED) is 0.897. The lowest BCUT2D eigenvalue weighted by molar-refractivity contribution is 0.127. The summed E-state index contributed by atoms with van der Waals surface area (Å²) in [6, 6.07) is 5.58. The fourth-order valence-corrected chi connectivity index (χ4v) is 3.01. The largest absolute Gasteiger partial charge is 0.326 e. The first-order valence-electron chi connectivity index (χ1n) is 7.54. The molecule has 0 amide bonds. The summed E-state index contributed by atoms with van der Waals surface area (Å²) >= 11 is 0. The SMILES string of the molecule is CCN1CCC(N(C)Cc2ccc(F)cc2CN)CC1. The number of likely N-dealkylation sites (tertiary alicyclic amines) is 1. The van der Waals surface area contributed by atoms with Crippen LogP contribution in [0.25, 0.3) is 0 Å². The van der Waals surface area contributed by atoms with Crippen LogP contribution in [0.5, 0.6) is 0 Å². The van der Waals surface area contributed by atoms with E-state index < -0.39 is 0 Å². The van der Waals surface area contributed by atoms with Crippen molar-refractivity contribution in [3.8, 4) is 0 Å². The van der Waals surface area contributed by atoms with Crippen molar-refractivity contribution < 1.29 is 4.39 Å². The van der Waals surface area contributed by atoms with Crippen LogP contribution in [-0.4, -0.2) is 42.5 Å². The summed E-state index contributed by atoms with van der Waals surface area (Å²) in [5.41, 5.74) is 7.78. The molecule has 1 aliphatic heterocycles. The Morgan fingerprint density at radius 2 is 2.00 bits per heavy atom. The number of hydrogen-bond acceptors (Lipinski definition) is 3. The summed E-state index contributed by atoms with van der Waals surface area (Å²) in [5.74, 6) is -0.201. The van der Waals surface area contributed by atoms with Crippen molar-refractivity contribution in [2.24, 2.45) is 5.73 Å². The van der Waals surface area contributed by atoms with Gasteiger partial charge in [-0.3, -0.25) is 4.90 Å². The van der Waals surface area contributed by atoms with Crippen molar-refractivity contribution >= 4 is 0 Å². The molecule has 1 heterocycles. The Balaban J connectivity index is 1.96. The van der Waals surface area contributed by atoms with Crippen LogP contribution in [0, 0.1) is 5.82 Å². The smallest absolute Gasteiger partial charge is 0.123 e. The normalized spacial score (nSPS) is 17.9. The molecule has 1 aromatic carbocycles. The van der Waals surface area contributed by atoms with E-state index in [1.165, 1.54) is 32.0 Å². The van der Waals surface area contributed by atoms with Crippen LogP contribution in [0.4, 0.5) is 4.39 Å². The number of nitrogens with two attached hydrogens (primary N) is 1. The van der Waals surface area contributed by atoms with Crippen molar-refractivity contribution in [1.82, 2.24) is 9.80 Å². The maximum absolute atomic E-state index is 13.2. The highest BCUT2D eigenvalue weighted by Gasteiger charge is 2.22. The van der Waals surface area contributed by atoms with Gasteiger partial charge in [0, 0.05) is 19.1 Å². The highest BCUT2D eigenvalue weighted by Crippen LogP contribution is 2.19. The van der Waals surface area contributed by atoms with E-state index in [1.807, 2.05) is 6.07 Å². The lowest BCUT2D eigenvalue weighted by Gasteiger charge is -2.36. The van der Waals surface area contributed by atoms with E-state index >= 15 is 0 Å². The Kier molecular flexibility index (Phi) is 5.52. The summed E-state index contributed by atoms with van der Waals surface area (Å²) in [6.07, 6.45) is 2.42. The molecule has 1 fully saturated rings. The molecule has 1 aliphatic rings. The molecule has 0 aromatic heterocycles. The van der Waals surface area contributed by atoms with Gasteiger partial charge in [-0.2, -0.15) is 0 Å². The third kappa shape index (κ3) is 3.78. The van der Waals surface area contributed by atoms with Gasteiger partial charge in [-0.15, -0.1) is 0 Å². The Morgan fingerprint density at radius 3 is 2.60 bits per heavy atom. The van der Waals surface area contributed by atoms with E-state index in [-0.39, 0.29) is 5.82 Å². The molecule has 0 spiro atoms. The van der Waals surface area contributed by atoms with Gasteiger partial charge in [-0.25, -0.2) is 4.39 Å². The van der Waals surface area contributed by atoms with E-state index in [2.05, 4.69) is 23.8 Å². The molecule has 2 N–H and O–H groups in total. The number of piperidine rings is 1. The van der Waals surface area contributed by atoms with Crippen molar-refractivity contribution in [2.45, 2.75) is 38.9 Å². The predicted octanol–water partition coefficient (Wildman–Crippen LogP) is 2.20. The molecule has 0 unspecified atom stereocenters. The van der Waals surface area contributed by atoms with Gasteiger partial charge in [0.1, 0.15) is 5.82 Å². The molecule has 3 nitrogen and oxygen atoms in total. The van der Waals surface area contributed by atoms with Gasteiger partial charge in [-0.05, 0) is 62.8 Å². The number of halogens is 1. The average Bonchev–Trinajstić information content (AvgIpc) is 2.49. The summed E-state index contributed by atoms with van der Waals surface area (Å²) in [4.78, 5) is 4.88. The maximum atomic E-state index is 13.2. The highest BCUT2D eigenvalue weighted by molar-refractivity contribution is 5.27. The van der Waals surface area contributed by atoms with Gasteiger partial charge in [0.25, 0.3) is 0 Å². The zero-order chi connectivity index (χ0) is 14.5. The van der Waals surface area contributed by atoms with Crippen molar-refractivity contribution in [1.29, 1.82) is 0 Å². The van der Waals surface area contributed by atoms with Gasteiger partial charge in [0.2, 0.25) is 0 Å². The van der Waals surface area contributed by atoms with Gasteiger partial charge in [-0.1, -0.05) is 13.0 Å². The zero-order valence-corrected chi connectivity index (χ0v) is 12.6. The molecule has 1 saturated heterocycles. The van der Waals surface area contributed by atoms with E-state index in [9.17, 15) is 4.39 Å². The standard InChI is InChI=1S/C16H26FN3/c1-3-20-8-6-16(7-9-20)19(2)12-13-4-5-15(17)10-14(13)11-18/h4-5,10,16H,3,6-9,11-12,18H2,1-2H3. The highest BCUT2D eigenvalue weighted by atomic mass is 19.1. The molecule has 2 rings (SSSR count).